The van der Waals surface area contributed by atoms with Gasteiger partial charge in [0.2, 0.25) is 5.91 Å². The first-order valence-corrected chi connectivity index (χ1v) is 9.97. The van der Waals surface area contributed by atoms with Gasteiger partial charge < -0.3 is 15.1 Å². The molecular formula is C21H25F2N5O2. The number of likely N-dealkylation sites (tertiary alicyclic amines) is 1. The Labute approximate surface area is 174 Å². The average molecular weight is 417 g/mol. The number of carbonyl (C=O) groups is 2. The average Bonchev–Trinajstić information content (AvgIpc) is 2.73. The summed E-state index contributed by atoms with van der Waals surface area (Å²) in [5, 5.41) is 2.73. The molecule has 0 aliphatic carbocycles. The van der Waals surface area contributed by atoms with Gasteiger partial charge >= 0.3 is 6.03 Å². The standard InChI is InChI=1S/C21H25F2N5O2/c1-3-4-19(29)28-7-5-18(6-8-28)27(2)21(30)26-17-12-24-20(25-13-17)14-9-15(22)11-16(23)10-14/h9-13,18H,3-8H2,1-2H3,(H,26,30). The van der Waals surface area contributed by atoms with Crippen molar-refractivity contribution in [2.24, 2.45) is 0 Å². The highest BCUT2D eigenvalue weighted by atomic mass is 19.1. The molecular weight excluding hydrogens is 392 g/mol. The molecule has 7 nitrogen and oxygen atoms in total. The molecule has 1 aromatic carbocycles. The third-order valence-corrected chi connectivity index (χ3v) is 5.17. The van der Waals surface area contributed by atoms with E-state index in [0.717, 1.165) is 37.5 Å². The van der Waals surface area contributed by atoms with Crippen LogP contribution in [0, 0.1) is 11.6 Å². The molecule has 2 aromatic rings. The Balaban J connectivity index is 1.56. The zero-order valence-electron chi connectivity index (χ0n) is 17.1. The quantitative estimate of drug-likeness (QED) is 0.805. The summed E-state index contributed by atoms with van der Waals surface area (Å²) >= 11 is 0. The van der Waals surface area contributed by atoms with Crippen molar-refractivity contribution in [1.29, 1.82) is 0 Å². The van der Waals surface area contributed by atoms with Crippen LogP contribution in [0.4, 0.5) is 19.3 Å². The van der Waals surface area contributed by atoms with Crippen LogP contribution in [0.25, 0.3) is 11.4 Å². The SMILES string of the molecule is CCCC(=O)N1CCC(N(C)C(=O)Nc2cnc(-c3cc(F)cc(F)c3)nc2)CC1. The van der Waals surface area contributed by atoms with E-state index in [9.17, 15) is 18.4 Å². The Morgan fingerprint density at radius 1 is 1.13 bits per heavy atom. The van der Waals surface area contributed by atoms with E-state index < -0.39 is 11.6 Å². The van der Waals surface area contributed by atoms with Crippen LogP contribution in [0.2, 0.25) is 0 Å². The Morgan fingerprint density at radius 2 is 1.73 bits per heavy atom. The number of piperidine rings is 1. The molecule has 3 rings (SSSR count). The highest BCUT2D eigenvalue weighted by Crippen LogP contribution is 2.20. The van der Waals surface area contributed by atoms with Crippen molar-refractivity contribution >= 4 is 17.6 Å². The Hall–Kier alpha value is -3.10. The maximum atomic E-state index is 13.4. The molecule has 0 atom stereocenters. The van der Waals surface area contributed by atoms with E-state index in [-0.39, 0.29) is 29.4 Å². The van der Waals surface area contributed by atoms with Crippen LogP contribution >= 0.6 is 0 Å². The van der Waals surface area contributed by atoms with Crippen LogP contribution in [0.5, 0.6) is 0 Å². The first-order chi connectivity index (χ1) is 14.4. The van der Waals surface area contributed by atoms with Crippen LogP contribution in [-0.4, -0.2) is 57.9 Å². The number of benzene rings is 1. The number of carbonyl (C=O) groups excluding carboxylic acids is 2. The van der Waals surface area contributed by atoms with Crippen molar-refractivity contribution in [3.8, 4) is 11.4 Å². The second-order valence-corrected chi connectivity index (χ2v) is 7.36. The minimum Gasteiger partial charge on any atom is -0.343 e. The van der Waals surface area contributed by atoms with E-state index in [1.165, 1.54) is 12.4 Å². The number of aromatic nitrogens is 2. The number of nitrogens with zero attached hydrogens (tertiary/aromatic N) is 4. The number of halogens is 2. The van der Waals surface area contributed by atoms with Gasteiger partial charge in [-0.1, -0.05) is 6.92 Å². The van der Waals surface area contributed by atoms with E-state index >= 15 is 0 Å². The van der Waals surface area contributed by atoms with E-state index in [1.54, 1.807) is 11.9 Å². The third-order valence-electron chi connectivity index (χ3n) is 5.17. The van der Waals surface area contributed by atoms with Gasteiger partial charge in [-0.25, -0.2) is 23.5 Å². The lowest BCUT2D eigenvalue weighted by molar-refractivity contribution is -0.132. The summed E-state index contributed by atoms with van der Waals surface area (Å²) in [6.07, 6.45) is 5.61. The normalized spacial score (nSPS) is 14.5. The van der Waals surface area contributed by atoms with Gasteiger partial charge in [0.05, 0.1) is 18.1 Å². The molecule has 1 N–H and O–H groups in total. The number of amides is 3. The molecule has 0 bridgehead atoms. The predicted molar refractivity (Wildman–Crippen MR) is 109 cm³/mol. The van der Waals surface area contributed by atoms with Crippen LogP contribution < -0.4 is 5.32 Å². The van der Waals surface area contributed by atoms with Crippen molar-refractivity contribution in [3.05, 3.63) is 42.2 Å². The highest BCUT2D eigenvalue weighted by Gasteiger charge is 2.27. The second kappa shape index (κ2) is 9.60. The van der Waals surface area contributed by atoms with Gasteiger partial charge in [0.15, 0.2) is 5.82 Å². The molecule has 1 saturated heterocycles. The van der Waals surface area contributed by atoms with E-state index in [4.69, 9.17) is 0 Å². The molecule has 0 unspecified atom stereocenters. The van der Waals surface area contributed by atoms with Gasteiger partial charge in [-0.2, -0.15) is 0 Å². The summed E-state index contributed by atoms with van der Waals surface area (Å²) in [4.78, 5) is 36.2. The van der Waals surface area contributed by atoms with Gasteiger partial charge in [-0.3, -0.25) is 4.79 Å². The van der Waals surface area contributed by atoms with Crippen LogP contribution in [-0.2, 0) is 4.79 Å². The fraction of sp³-hybridized carbons (Fsp3) is 0.429. The highest BCUT2D eigenvalue weighted by molar-refractivity contribution is 5.89. The maximum Gasteiger partial charge on any atom is 0.321 e. The number of rotatable bonds is 5. The van der Waals surface area contributed by atoms with E-state index in [0.29, 0.717) is 25.2 Å². The molecule has 1 aliphatic heterocycles. The Morgan fingerprint density at radius 3 is 2.30 bits per heavy atom. The monoisotopic (exact) mass is 417 g/mol. The van der Waals surface area contributed by atoms with Crippen molar-refractivity contribution in [2.45, 2.75) is 38.6 Å². The number of nitrogens with one attached hydrogen (secondary N) is 1. The zero-order valence-corrected chi connectivity index (χ0v) is 17.1. The van der Waals surface area contributed by atoms with Crippen molar-refractivity contribution < 1.29 is 18.4 Å². The molecule has 1 fully saturated rings. The van der Waals surface area contributed by atoms with Crippen LogP contribution in [0.3, 0.4) is 0 Å². The molecule has 30 heavy (non-hydrogen) atoms. The van der Waals surface area contributed by atoms with Crippen molar-refractivity contribution in [3.63, 3.8) is 0 Å². The molecule has 1 aromatic heterocycles. The number of hydrogen-bond acceptors (Lipinski definition) is 4. The van der Waals surface area contributed by atoms with Gasteiger partial charge in [-0.05, 0) is 31.4 Å². The van der Waals surface area contributed by atoms with Gasteiger partial charge in [0.25, 0.3) is 0 Å². The summed E-state index contributed by atoms with van der Waals surface area (Å²) in [6.45, 7) is 3.27. The first-order valence-electron chi connectivity index (χ1n) is 9.97. The lowest BCUT2D eigenvalue weighted by Crippen LogP contribution is -2.48. The molecule has 9 heteroatoms. The molecule has 0 radical (unpaired) electrons. The molecule has 1 aliphatic rings. The summed E-state index contributed by atoms with van der Waals surface area (Å²) < 4.78 is 26.7. The predicted octanol–water partition coefficient (Wildman–Crippen LogP) is 3.68. The van der Waals surface area contributed by atoms with Crippen molar-refractivity contribution in [2.75, 3.05) is 25.5 Å². The van der Waals surface area contributed by atoms with E-state index in [1.807, 2.05) is 11.8 Å². The van der Waals surface area contributed by atoms with Gasteiger partial charge in [-0.15, -0.1) is 0 Å². The zero-order chi connectivity index (χ0) is 21.7. The fourth-order valence-electron chi connectivity index (χ4n) is 3.48. The first kappa shape index (κ1) is 21.6. The summed E-state index contributed by atoms with van der Waals surface area (Å²) in [7, 11) is 1.72. The molecule has 2 heterocycles. The van der Waals surface area contributed by atoms with Crippen LogP contribution in [0.15, 0.2) is 30.6 Å². The van der Waals surface area contributed by atoms with Gasteiger partial charge in [0.1, 0.15) is 11.6 Å². The molecule has 0 spiro atoms. The molecule has 160 valence electrons. The number of hydrogen-bond donors (Lipinski definition) is 1. The third kappa shape index (κ3) is 5.28. The second-order valence-electron chi connectivity index (χ2n) is 7.36. The van der Waals surface area contributed by atoms with Gasteiger partial charge in [0, 0.05) is 44.2 Å². The summed E-state index contributed by atoms with van der Waals surface area (Å²) in [5.41, 5.74) is 0.593. The van der Waals surface area contributed by atoms with E-state index in [2.05, 4.69) is 15.3 Å². The molecule has 0 saturated carbocycles. The minimum absolute atomic E-state index is 0.0335. The topological polar surface area (TPSA) is 78.4 Å². The molecule has 3 amide bonds. The maximum absolute atomic E-state index is 13.4. The fourth-order valence-corrected chi connectivity index (χ4v) is 3.48. The van der Waals surface area contributed by atoms with Crippen LogP contribution in [0.1, 0.15) is 32.6 Å². The number of urea groups is 1. The Bertz CT molecular complexity index is 879. The largest absolute Gasteiger partial charge is 0.343 e. The smallest absolute Gasteiger partial charge is 0.321 e. The minimum atomic E-state index is -0.713. The lowest BCUT2D eigenvalue weighted by atomic mass is 10.0. The summed E-state index contributed by atoms with van der Waals surface area (Å²) in [6, 6.07) is 2.79. The summed E-state index contributed by atoms with van der Waals surface area (Å²) in [5.74, 6) is -1.10. The van der Waals surface area contributed by atoms with Crippen molar-refractivity contribution in [1.82, 2.24) is 19.8 Å². The Kier molecular flexibility index (Phi) is 6.91. The number of anilines is 1. The lowest BCUT2D eigenvalue weighted by Gasteiger charge is -2.36.